The number of aryl methyl sites for hydroxylation is 1. The molecule has 122 valence electrons. The van der Waals surface area contributed by atoms with Crippen molar-refractivity contribution in [1.29, 1.82) is 0 Å². The number of nitrogens with one attached hydrogen (secondary N) is 2. The van der Waals surface area contributed by atoms with Gasteiger partial charge in [-0.3, -0.25) is 0 Å². The van der Waals surface area contributed by atoms with E-state index in [0.717, 1.165) is 22.7 Å². The first-order valence-electron chi connectivity index (χ1n) is 7.66. The number of anilines is 7. The Morgan fingerprint density at radius 2 is 1.08 bits per heavy atom. The largest absolute Gasteiger partial charge is 0.399 e. The highest BCUT2D eigenvalue weighted by molar-refractivity contribution is 5.85. The van der Waals surface area contributed by atoms with Crippen molar-refractivity contribution in [2.24, 2.45) is 0 Å². The molecule has 0 amide bonds. The molecule has 5 nitrogen and oxygen atoms in total. The highest BCUT2D eigenvalue weighted by Crippen LogP contribution is 2.33. The molecule has 0 heterocycles. The third kappa shape index (κ3) is 3.52. The minimum atomic E-state index is 0.582. The van der Waals surface area contributed by atoms with Crippen molar-refractivity contribution in [3.63, 3.8) is 0 Å². The van der Waals surface area contributed by atoms with Crippen LogP contribution in [-0.2, 0) is 0 Å². The maximum Gasteiger partial charge on any atom is 0.0640 e. The minimum absolute atomic E-state index is 0.582. The van der Waals surface area contributed by atoms with Gasteiger partial charge < -0.3 is 27.8 Å². The van der Waals surface area contributed by atoms with E-state index in [0.29, 0.717) is 17.1 Å². The summed E-state index contributed by atoms with van der Waals surface area (Å²) >= 11 is 0. The number of hydrogen-bond acceptors (Lipinski definition) is 5. The summed E-state index contributed by atoms with van der Waals surface area (Å²) in [5.74, 6) is 0. The topological polar surface area (TPSA) is 102 Å². The lowest BCUT2D eigenvalue weighted by Gasteiger charge is -2.15. The molecule has 0 fully saturated rings. The van der Waals surface area contributed by atoms with Crippen molar-refractivity contribution in [1.82, 2.24) is 0 Å². The van der Waals surface area contributed by atoms with Crippen molar-refractivity contribution in [3.05, 3.63) is 66.2 Å². The predicted molar refractivity (Wildman–Crippen MR) is 104 cm³/mol. The van der Waals surface area contributed by atoms with Gasteiger partial charge in [0.1, 0.15) is 0 Å². The van der Waals surface area contributed by atoms with E-state index in [9.17, 15) is 0 Å². The smallest absolute Gasteiger partial charge is 0.0640 e. The Labute approximate surface area is 141 Å². The zero-order chi connectivity index (χ0) is 17.1. The van der Waals surface area contributed by atoms with Gasteiger partial charge in [-0.1, -0.05) is 17.7 Å². The quantitative estimate of drug-likeness (QED) is 0.463. The summed E-state index contributed by atoms with van der Waals surface area (Å²) in [6, 6.07) is 19.2. The summed E-state index contributed by atoms with van der Waals surface area (Å²) in [5, 5.41) is 6.61. The lowest BCUT2D eigenvalue weighted by molar-refractivity contribution is 1.45. The molecule has 0 aliphatic heterocycles. The third-order valence-electron chi connectivity index (χ3n) is 3.74. The molecular formula is C19H21N5. The molecule has 3 rings (SSSR count). The number of nitrogens with two attached hydrogens (primary N) is 3. The standard InChI is InChI=1S/C19H21N5/c1-12-2-6-14(7-3-12)23-18-11-19(17(22)10-16(18)21)24-15-8-4-13(20)5-9-15/h2-11,23-24H,20-22H2,1H3. The van der Waals surface area contributed by atoms with E-state index in [4.69, 9.17) is 17.2 Å². The number of nitrogen functional groups attached to an aromatic ring is 3. The highest BCUT2D eigenvalue weighted by atomic mass is 14.9. The Morgan fingerprint density at radius 3 is 1.58 bits per heavy atom. The Bertz CT molecular complexity index is 770. The van der Waals surface area contributed by atoms with E-state index in [1.807, 2.05) is 54.6 Å². The Morgan fingerprint density at radius 1 is 0.625 bits per heavy atom. The van der Waals surface area contributed by atoms with E-state index in [-0.39, 0.29) is 0 Å². The molecule has 3 aromatic carbocycles. The molecule has 0 spiro atoms. The molecule has 5 heteroatoms. The molecule has 0 atom stereocenters. The first kappa shape index (κ1) is 15.6. The Hall–Kier alpha value is -3.34. The fraction of sp³-hybridized carbons (Fsp3) is 0.0526. The minimum Gasteiger partial charge on any atom is -0.399 e. The van der Waals surface area contributed by atoms with Crippen molar-refractivity contribution in [3.8, 4) is 0 Å². The van der Waals surface area contributed by atoms with Crippen LogP contribution in [-0.4, -0.2) is 0 Å². The van der Waals surface area contributed by atoms with Gasteiger partial charge in [-0.05, 0) is 55.5 Å². The second kappa shape index (κ2) is 6.42. The van der Waals surface area contributed by atoms with E-state index >= 15 is 0 Å². The first-order valence-corrected chi connectivity index (χ1v) is 7.66. The van der Waals surface area contributed by atoms with Crippen LogP contribution in [0.25, 0.3) is 0 Å². The normalized spacial score (nSPS) is 10.4. The number of benzene rings is 3. The second-order valence-corrected chi connectivity index (χ2v) is 5.76. The second-order valence-electron chi connectivity index (χ2n) is 5.76. The van der Waals surface area contributed by atoms with Crippen molar-refractivity contribution in [2.45, 2.75) is 6.92 Å². The van der Waals surface area contributed by atoms with Crippen molar-refractivity contribution in [2.75, 3.05) is 27.8 Å². The fourth-order valence-corrected chi connectivity index (χ4v) is 2.36. The van der Waals surface area contributed by atoms with Gasteiger partial charge in [-0.2, -0.15) is 0 Å². The van der Waals surface area contributed by atoms with Crippen LogP contribution >= 0.6 is 0 Å². The Kier molecular flexibility index (Phi) is 4.16. The SMILES string of the molecule is Cc1ccc(Nc2cc(Nc3ccc(N)cc3)c(N)cc2N)cc1. The molecule has 0 bridgehead atoms. The lowest BCUT2D eigenvalue weighted by atomic mass is 10.1. The summed E-state index contributed by atoms with van der Waals surface area (Å²) in [6.07, 6.45) is 0. The van der Waals surface area contributed by atoms with Gasteiger partial charge in [0.05, 0.1) is 22.7 Å². The van der Waals surface area contributed by atoms with Gasteiger partial charge in [-0.25, -0.2) is 0 Å². The van der Waals surface area contributed by atoms with E-state index in [1.54, 1.807) is 6.07 Å². The molecule has 0 radical (unpaired) electrons. The number of rotatable bonds is 4. The molecule has 0 aliphatic rings. The van der Waals surface area contributed by atoms with Crippen LogP contribution in [0, 0.1) is 6.92 Å². The lowest BCUT2D eigenvalue weighted by Crippen LogP contribution is -2.02. The summed E-state index contributed by atoms with van der Waals surface area (Å²) in [7, 11) is 0. The van der Waals surface area contributed by atoms with Crippen LogP contribution in [0.3, 0.4) is 0 Å². The monoisotopic (exact) mass is 319 g/mol. The molecular weight excluding hydrogens is 298 g/mol. The van der Waals surface area contributed by atoms with E-state index in [2.05, 4.69) is 17.6 Å². The third-order valence-corrected chi connectivity index (χ3v) is 3.74. The molecule has 0 aromatic heterocycles. The van der Waals surface area contributed by atoms with Gasteiger partial charge in [0.15, 0.2) is 0 Å². The average Bonchev–Trinajstić information content (AvgIpc) is 2.56. The first-order chi connectivity index (χ1) is 11.5. The molecule has 8 N–H and O–H groups in total. The van der Waals surface area contributed by atoms with Gasteiger partial charge in [0.2, 0.25) is 0 Å². The summed E-state index contributed by atoms with van der Waals surface area (Å²) in [5.41, 5.74) is 24.4. The van der Waals surface area contributed by atoms with Crippen LogP contribution in [0.2, 0.25) is 0 Å². The van der Waals surface area contributed by atoms with Crippen LogP contribution in [0.4, 0.5) is 39.8 Å². The van der Waals surface area contributed by atoms with Gasteiger partial charge in [0.25, 0.3) is 0 Å². The van der Waals surface area contributed by atoms with Gasteiger partial charge in [-0.15, -0.1) is 0 Å². The highest BCUT2D eigenvalue weighted by Gasteiger charge is 2.07. The van der Waals surface area contributed by atoms with E-state index < -0.39 is 0 Å². The average molecular weight is 319 g/mol. The molecule has 24 heavy (non-hydrogen) atoms. The number of hydrogen-bond donors (Lipinski definition) is 5. The van der Waals surface area contributed by atoms with Gasteiger partial charge in [0, 0.05) is 17.1 Å². The maximum absolute atomic E-state index is 6.09. The zero-order valence-electron chi connectivity index (χ0n) is 13.5. The molecule has 0 saturated heterocycles. The predicted octanol–water partition coefficient (Wildman–Crippen LogP) is 4.23. The van der Waals surface area contributed by atoms with Crippen LogP contribution in [0.5, 0.6) is 0 Å². The maximum atomic E-state index is 6.09. The van der Waals surface area contributed by atoms with E-state index in [1.165, 1.54) is 5.56 Å². The molecule has 3 aromatic rings. The van der Waals surface area contributed by atoms with Crippen molar-refractivity contribution < 1.29 is 0 Å². The van der Waals surface area contributed by atoms with Crippen LogP contribution in [0.15, 0.2) is 60.7 Å². The zero-order valence-corrected chi connectivity index (χ0v) is 13.5. The Balaban J connectivity index is 1.87. The van der Waals surface area contributed by atoms with Gasteiger partial charge >= 0.3 is 0 Å². The fourth-order valence-electron chi connectivity index (χ4n) is 2.36. The summed E-state index contributed by atoms with van der Waals surface area (Å²) in [4.78, 5) is 0. The summed E-state index contributed by atoms with van der Waals surface area (Å²) < 4.78 is 0. The van der Waals surface area contributed by atoms with Crippen molar-refractivity contribution >= 4 is 39.8 Å². The summed E-state index contributed by atoms with van der Waals surface area (Å²) in [6.45, 7) is 2.05. The molecule has 0 unspecified atom stereocenters. The van der Waals surface area contributed by atoms with Crippen LogP contribution < -0.4 is 27.8 Å². The molecule has 0 saturated carbocycles. The van der Waals surface area contributed by atoms with Crippen LogP contribution in [0.1, 0.15) is 5.56 Å². The molecule has 0 aliphatic carbocycles.